The van der Waals surface area contributed by atoms with E-state index in [1.807, 2.05) is 0 Å². The normalized spacial score (nSPS) is 16.8. The standard InChI is InChI=1S/C13H16Cl3NO/c14-10-8-11(15)13(12(16)9-10)18-7-6-17-4-2-1-3-5-17/h8-9H,1-7H2. The van der Waals surface area contributed by atoms with E-state index in [9.17, 15) is 0 Å². The van der Waals surface area contributed by atoms with Gasteiger partial charge in [0.1, 0.15) is 6.61 Å². The first-order chi connectivity index (χ1) is 8.66. The summed E-state index contributed by atoms with van der Waals surface area (Å²) in [4.78, 5) is 2.40. The van der Waals surface area contributed by atoms with Crippen LogP contribution in [-0.4, -0.2) is 31.1 Å². The molecule has 5 heteroatoms. The first-order valence-corrected chi connectivity index (χ1v) is 7.30. The van der Waals surface area contributed by atoms with Crippen LogP contribution < -0.4 is 4.74 Å². The molecule has 0 atom stereocenters. The van der Waals surface area contributed by atoms with Crippen LogP contribution in [0, 0.1) is 0 Å². The van der Waals surface area contributed by atoms with Crippen LogP contribution >= 0.6 is 34.8 Å². The Labute approximate surface area is 123 Å². The number of likely N-dealkylation sites (tertiary alicyclic amines) is 1. The Hall–Kier alpha value is -0.150. The van der Waals surface area contributed by atoms with E-state index >= 15 is 0 Å². The van der Waals surface area contributed by atoms with E-state index in [0.717, 1.165) is 19.6 Å². The highest BCUT2D eigenvalue weighted by Crippen LogP contribution is 2.35. The zero-order valence-corrected chi connectivity index (χ0v) is 12.4. The first kappa shape index (κ1) is 14.3. The Morgan fingerprint density at radius 1 is 1.00 bits per heavy atom. The maximum atomic E-state index is 6.05. The molecule has 100 valence electrons. The fourth-order valence-electron chi connectivity index (χ4n) is 2.13. The zero-order chi connectivity index (χ0) is 13.0. The number of hydrogen-bond donors (Lipinski definition) is 0. The lowest BCUT2D eigenvalue weighted by Crippen LogP contribution is -2.33. The molecule has 0 aliphatic carbocycles. The Balaban J connectivity index is 1.86. The predicted octanol–water partition coefficient (Wildman–Crippen LogP) is 4.51. The van der Waals surface area contributed by atoms with Gasteiger partial charge in [-0.1, -0.05) is 41.2 Å². The average molecular weight is 309 g/mol. The number of rotatable bonds is 4. The van der Waals surface area contributed by atoms with Crippen LogP contribution in [0.4, 0.5) is 0 Å². The Morgan fingerprint density at radius 2 is 1.61 bits per heavy atom. The van der Waals surface area contributed by atoms with Crippen molar-refractivity contribution in [3.63, 3.8) is 0 Å². The maximum absolute atomic E-state index is 6.05. The van der Waals surface area contributed by atoms with E-state index in [1.165, 1.54) is 19.3 Å². The van der Waals surface area contributed by atoms with Crippen LogP contribution in [0.5, 0.6) is 5.75 Å². The molecule has 1 aliphatic rings. The molecule has 0 aromatic heterocycles. The van der Waals surface area contributed by atoms with Crippen molar-refractivity contribution in [1.29, 1.82) is 0 Å². The third-order valence-electron chi connectivity index (χ3n) is 3.07. The van der Waals surface area contributed by atoms with Gasteiger partial charge in [0, 0.05) is 11.6 Å². The Bertz CT molecular complexity index is 382. The van der Waals surface area contributed by atoms with Gasteiger partial charge in [0.05, 0.1) is 10.0 Å². The topological polar surface area (TPSA) is 12.5 Å². The number of hydrogen-bond acceptors (Lipinski definition) is 2. The van der Waals surface area contributed by atoms with Gasteiger partial charge < -0.3 is 4.74 Å². The molecule has 0 saturated carbocycles. The molecule has 1 saturated heterocycles. The molecule has 1 aromatic rings. The molecule has 0 radical (unpaired) electrons. The van der Waals surface area contributed by atoms with Crippen molar-refractivity contribution < 1.29 is 4.74 Å². The lowest BCUT2D eigenvalue weighted by Gasteiger charge is -2.26. The fourth-order valence-corrected chi connectivity index (χ4v) is 3.05. The lowest BCUT2D eigenvalue weighted by atomic mass is 10.1. The van der Waals surface area contributed by atoms with Crippen LogP contribution in [0.25, 0.3) is 0 Å². The summed E-state index contributed by atoms with van der Waals surface area (Å²) in [5.41, 5.74) is 0. The van der Waals surface area contributed by atoms with Crippen molar-refractivity contribution in [1.82, 2.24) is 4.90 Å². The minimum Gasteiger partial charge on any atom is -0.489 e. The van der Waals surface area contributed by atoms with Crippen molar-refractivity contribution in [2.24, 2.45) is 0 Å². The number of halogens is 3. The summed E-state index contributed by atoms with van der Waals surface area (Å²) in [6.07, 6.45) is 3.90. The summed E-state index contributed by atoms with van der Waals surface area (Å²) in [5, 5.41) is 1.45. The third-order valence-corrected chi connectivity index (χ3v) is 3.85. The van der Waals surface area contributed by atoms with Crippen molar-refractivity contribution in [2.75, 3.05) is 26.2 Å². The number of piperidine rings is 1. The van der Waals surface area contributed by atoms with E-state index in [-0.39, 0.29) is 0 Å². The smallest absolute Gasteiger partial charge is 0.156 e. The number of benzene rings is 1. The zero-order valence-electron chi connectivity index (χ0n) is 10.1. The van der Waals surface area contributed by atoms with E-state index < -0.39 is 0 Å². The summed E-state index contributed by atoms with van der Waals surface area (Å²) in [5.74, 6) is 0.528. The first-order valence-electron chi connectivity index (χ1n) is 6.16. The molecule has 2 nitrogen and oxygen atoms in total. The van der Waals surface area contributed by atoms with Gasteiger partial charge in [0.25, 0.3) is 0 Å². The van der Waals surface area contributed by atoms with Gasteiger partial charge >= 0.3 is 0 Å². The van der Waals surface area contributed by atoms with Gasteiger partial charge in [0.15, 0.2) is 5.75 Å². The number of ether oxygens (including phenoxy) is 1. The molecule has 1 aliphatic heterocycles. The molecule has 0 N–H and O–H groups in total. The minimum atomic E-state index is 0.464. The summed E-state index contributed by atoms with van der Waals surface area (Å²) in [6.45, 7) is 3.83. The van der Waals surface area contributed by atoms with Crippen LogP contribution in [0.3, 0.4) is 0 Å². The second kappa shape index (κ2) is 6.85. The predicted molar refractivity (Wildman–Crippen MR) is 77.3 cm³/mol. The quantitative estimate of drug-likeness (QED) is 0.811. The molecule has 0 spiro atoms. The molecule has 2 rings (SSSR count). The van der Waals surface area contributed by atoms with Gasteiger partial charge in [-0.15, -0.1) is 0 Å². The largest absolute Gasteiger partial charge is 0.489 e. The number of nitrogens with zero attached hydrogens (tertiary/aromatic N) is 1. The van der Waals surface area contributed by atoms with Gasteiger partial charge in [0.2, 0.25) is 0 Å². The maximum Gasteiger partial charge on any atom is 0.156 e. The molecule has 0 bridgehead atoms. The average Bonchev–Trinajstić information content (AvgIpc) is 2.34. The van der Waals surface area contributed by atoms with E-state index in [2.05, 4.69) is 4.90 Å². The molecule has 0 amide bonds. The third kappa shape index (κ3) is 3.92. The van der Waals surface area contributed by atoms with E-state index in [1.54, 1.807) is 12.1 Å². The second-order valence-corrected chi connectivity index (χ2v) is 5.70. The second-order valence-electron chi connectivity index (χ2n) is 4.45. The minimum absolute atomic E-state index is 0.464. The monoisotopic (exact) mass is 307 g/mol. The van der Waals surface area contributed by atoms with Crippen LogP contribution in [0.1, 0.15) is 19.3 Å². The van der Waals surface area contributed by atoms with E-state index in [0.29, 0.717) is 27.4 Å². The van der Waals surface area contributed by atoms with Crippen molar-refractivity contribution in [3.8, 4) is 5.75 Å². The van der Waals surface area contributed by atoms with Crippen molar-refractivity contribution in [2.45, 2.75) is 19.3 Å². The van der Waals surface area contributed by atoms with E-state index in [4.69, 9.17) is 39.5 Å². The van der Waals surface area contributed by atoms with Crippen molar-refractivity contribution in [3.05, 3.63) is 27.2 Å². The molecule has 1 heterocycles. The SMILES string of the molecule is Clc1cc(Cl)c(OCCN2CCCCC2)c(Cl)c1. The van der Waals surface area contributed by atoms with Crippen LogP contribution in [0.15, 0.2) is 12.1 Å². The summed E-state index contributed by atoms with van der Waals surface area (Å²) in [7, 11) is 0. The van der Waals surface area contributed by atoms with Crippen LogP contribution in [0.2, 0.25) is 15.1 Å². The highest BCUT2D eigenvalue weighted by atomic mass is 35.5. The molecular weight excluding hydrogens is 293 g/mol. The summed E-state index contributed by atoms with van der Waals surface area (Å²) < 4.78 is 5.66. The summed E-state index contributed by atoms with van der Waals surface area (Å²) >= 11 is 17.9. The molecular formula is C13H16Cl3NO. The molecule has 18 heavy (non-hydrogen) atoms. The Morgan fingerprint density at radius 3 is 2.22 bits per heavy atom. The van der Waals surface area contributed by atoms with Gasteiger partial charge in [-0.25, -0.2) is 0 Å². The summed E-state index contributed by atoms with van der Waals surface area (Å²) in [6, 6.07) is 3.29. The molecule has 1 fully saturated rings. The molecule has 0 unspecified atom stereocenters. The van der Waals surface area contributed by atoms with Gasteiger partial charge in [-0.05, 0) is 38.1 Å². The highest BCUT2D eigenvalue weighted by Gasteiger charge is 2.12. The highest BCUT2D eigenvalue weighted by molar-refractivity contribution is 6.40. The lowest BCUT2D eigenvalue weighted by molar-refractivity contribution is 0.183. The molecule has 1 aromatic carbocycles. The van der Waals surface area contributed by atoms with Gasteiger partial charge in [-0.3, -0.25) is 4.90 Å². The van der Waals surface area contributed by atoms with Crippen LogP contribution in [-0.2, 0) is 0 Å². The Kier molecular flexibility index (Phi) is 5.43. The van der Waals surface area contributed by atoms with Crippen molar-refractivity contribution >= 4 is 34.8 Å². The van der Waals surface area contributed by atoms with Gasteiger partial charge in [-0.2, -0.15) is 0 Å². The fraction of sp³-hybridized carbons (Fsp3) is 0.538.